The van der Waals surface area contributed by atoms with Crippen molar-refractivity contribution in [1.29, 1.82) is 0 Å². The second-order valence-corrected chi connectivity index (χ2v) is 7.57. The topological polar surface area (TPSA) is 57.7 Å². The van der Waals surface area contributed by atoms with Gasteiger partial charge in [-0.3, -0.25) is 4.79 Å². The number of carbonyl (C=O) groups is 1. The van der Waals surface area contributed by atoms with Crippen molar-refractivity contribution < 1.29 is 13.2 Å². The Kier molecular flexibility index (Phi) is 4.68. The molecule has 2 rings (SSSR count). The molecular weight excluding hydrogens is 288 g/mol. The van der Waals surface area contributed by atoms with Gasteiger partial charge >= 0.3 is 0 Å². The van der Waals surface area contributed by atoms with E-state index < -0.39 is 10.0 Å². The summed E-state index contributed by atoms with van der Waals surface area (Å²) in [6.07, 6.45) is 0. The molecule has 1 saturated heterocycles. The molecule has 0 spiro atoms. The van der Waals surface area contributed by atoms with Crippen molar-refractivity contribution in [3.8, 4) is 0 Å². The number of hydrogen-bond donors (Lipinski definition) is 0. The van der Waals surface area contributed by atoms with Gasteiger partial charge in [0.2, 0.25) is 15.9 Å². The van der Waals surface area contributed by atoms with Crippen molar-refractivity contribution in [3.63, 3.8) is 0 Å². The first-order valence-corrected chi connectivity index (χ1v) is 8.62. The molecular formula is C15H22N2O3S. The monoisotopic (exact) mass is 310 g/mol. The van der Waals surface area contributed by atoms with E-state index in [-0.39, 0.29) is 5.91 Å². The summed E-state index contributed by atoms with van der Waals surface area (Å²) in [4.78, 5) is 13.3. The predicted molar refractivity (Wildman–Crippen MR) is 81.5 cm³/mol. The lowest BCUT2D eigenvalue weighted by Crippen LogP contribution is -2.49. The maximum Gasteiger partial charge on any atom is 0.243 e. The van der Waals surface area contributed by atoms with E-state index in [0.29, 0.717) is 37.0 Å². The lowest BCUT2D eigenvalue weighted by Gasteiger charge is -2.33. The van der Waals surface area contributed by atoms with Gasteiger partial charge in [0.1, 0.15) is 0 Å². The van der Waals surface area contributed by atoms with Crippen LogP contribution < -0.4 is 0 Å². The molecule has 5 nitrogen and oxygen atoms in total. The van der Waals surface area contributed by atoms with Crippen LogP contribution in [-0.2, 0) is 14.8 Å². The zero-order valence-electron chi connectivity index (χ0n) is 12.7. The molecule has 0 bridgehead atoms. The number of nitrogens with zero attached hydrogens (tertiary/aromatic N) is 2. The first kappa shape index (κ1) is 16.0. The lowest BCUT2D eigenvalue weighted by atomic mass is 10.0. The van der Waals surface area contributed by atoms with Crippen LogP contribution in [0.1, 0.15) is 32.3 Å². The van der Waals surface area contributed by atoms with Crippen LogP contribution in [0.4, 0.5) is 0 Å². The number of rotatable bonds is 3. The van der Waals surface area contributed by atoms with Gasteiger partial charge in [0, 0.05) is 33.1 Å². The van der Waals surface area contributed by atoms with Gasteiger partial charge in [-0.1, -0.05) is 26.0 Å². The molecule has 1 amide bonds. The van der Waals surface area contributed by atoms with Gasteiger partial charge in [0.15, 0.2) is 0 Å². The van der Waals surface area contributed by atoms with Crippen LogP contribution in [0.3, 0.4) is 0 Å². The summed E-state index contributed by atoms with van der Waals surface area (Å²) in [5.74, 6) is 0.370. The third-order valence-corrected chi connectivity index (χ3v) is 5.78. The maximum atomic E-state index is 12.6. The summed E-state index contributed by atoms with van der Waals surface area (Å²) in [6, 6.07) is 7.07. The van der Waals surface area contributed by atoms with Crippen molar-refractivity contribution in [2.75, 3.05) is 26.2 Å². The molecule has 0 atom stereocenters. The second kappa shape index (κ2) is 6.15. The van der Waals surface area contributed by atoms with Crippen molar-refractivity contribution in [2.45, 2.75) is 31.6 Å². The fourth-order valence-electron chi connectivity index (χ4n) is 2.42. The summed E-state index contributed by atoms with van der Waals surface area (Å²) in [6.45, 7) is 7.28. The minimum absolute atomic E-state index is 0.00617. The summed E-state index contributed by atoms with van der Waals surface area (Å²) < 4.78 is 26.6. The van der Waals surface area contributed by atoms with Crippen LogP contribution in [0.5, 0.6) is 0 Å². The number of benzene rings is 1. The fourth-order valence-corrected chi connectivity index (χ4v) is 3.84. The average Bonchev–Trinajstić information content (AvgIpc) is 2.47. The van der Waals surface area contributed by atoms with Crippen LogP contribution in [0.2, 0.25) is 0 Å². The first-order chi connectivity index (χ1) is 9.82. The number of piperazine rings is 1. The Morgan fingerprint density at radius 2 is 1.57 bits per heavy atom. The molecule has 0 aliphatic carbocycles. The summed E-state index contributed by atoms with van der Waals surface area (Å²) >= 11 is 0. The molecule has 0 aromatic heterocycles. The van der Waals surface area contributed by atoms with Crippen LogP contribution in [0.25, 0.3) is 0 Å². The molecule has 6 heteroatoms. The van der Waals surface area contributed by atoms with E-state index in [2.05, 4.69) is 13.8 Å². The van der Waals surface area contributed by atoms with Crippen molar-refractivity contribution in [2.24, 2.45) is 0 Å². The Bertz CT molecular complexity index is 600. The molecule has 1 aromatic carbocycles. The number of carbonyl (C=O) groups excluding carboxylic acids is 1. The van der Waals surface area contributed by atoms with E-state index in [9.17, 15) is 13.2 Å². The summed E-state index contributed by atoms with van der Waals surface area (Å²) in [5.41, 5.74) is 1.12. The SMILES string of the molecule is CC(=O)N1CCN(S(=O)(=O)c2ccc(C(C)C)cc2)CC1. The smallest absolute Gasteiger partial charge is 0.243 e. The van der Waals surface area contributed by atoms with Crippen molar-refractivity contribution >= 4 is 15.9 Å². The Labute approximate surface area is 126 Å². The van der Waals surface area contributed by atoms with Gasteiger partial charge in [-0.25, -0.2) is 8.42 Å². The molecule has 0 saturated carbocycles. The van der Waals surface area contributed by atoms with Gasteiger partial charge in [-0.15, -0.1) is 0 Å². The molecule has 1 aliphatic rings. The van der Waals surface area contributed by atoms with E-state index in [1.807, 2.05) is 12.1 Å². The van der Waals surface area contributed by atoms with E-state index in [0.717, 1.165) is 5.56 Å². The number of amides is 1. The third-order valence-electron chi connectivity index (χ3n) is 3.87. The number of sulfonamides is 1. The predicted octanol–water partition coefficient (Wildman–Crippen LogP) is 1.66. The highest BCUT2D eigenvalue weighted by atomic mass is 32.2. The normalized spacial score (nSPS) is 17.2. The van der Waals surface area contributed by atoms with Crippen LogP contribution in [0, 0.1) is 0 Å². The fraction of sp³-hybridized carbons (Fsp3) is 0.533. The Hall–Kier alpha value is -1.40. The maximum absolute atomic E-state index is 12.6. The van der Waals surface area contributed by atoms with Gasteiger partial charge in [0.05, 0.1) is 4.90 Å². The number of hydrogen-bond acceptors (Lipinski definition) is 3. The molecule has 21 heavy (non-hydrogen) atoms. The highest BCUT2D eigenvalue weighted by Crippen LogP contribution is 2.21. The lowest BCUT2D eigenvalue weighted by molar-refractivity contribution is -0.129. The minimum Gasteiger partial charge on any atom is -0.340 e. The summed E-state index contributed by atoms with van der Waals surface area (Å²) in [5, 5.41) is 0. The van der Waals surface area contributed by atoms with Gasteiger partial charge in [0.25, 0.3) is 0 Å². The molecule has 0 unspecified atom stereocenters. The third kappa shape index (κ3) is 3.44. The molecule has 0 N–H and O–H groups in total. The highest BCUT2D eigenvalue weighted by Gasteiger charge is 2.29. The Balaban J connectivity index is 2.13. The Morgan fingerprint density at radius 3 is 2.00 bits per heavy atom. The molecule has 0 radical (unpaired) electrons. The highest BCUT2D eigenvalue weighted by molar-refractivity contribution is 7.89. The second-order valence-electron chi connectivity index (χ2n) is 5.63. The van der Waals surface area contributed by atoms with Gasteiger partial charge < -0.3 is 4.90 Å². The zero-order chi connectivity index (χ0) is 15.6. The van der Waals surface area contributed by atoms with E-state index in [1.54, 1.807) is 17.0 Å². The summed E-state index contributed by atoms with van der Waals surface area (Å²) in [7, 11) is -3.46. The van der Waals surface area contributed by atoms with E-state index in [1.165, 1.54) is 11.2 Å². The van der Waals surface area contributed by atoms with E-state index >= 15 is 0 Å². The molecule has 1 heterocycles. The van der Waals surface area contributed by atoms with Gasteiger partial charge in [-0.2, -0.15) is 4.31 Å². The zero-order valence-corrected chi connectivity index (χ0v) is 13.6. The van der Waals surface area contributed by atoms with Gasteiger partial charge in [-0.05, 0) is 23.6 Å². The molecule has 1 fully saturated rings. The average molecular weight is 310 g/mol. The van der Waals surface area contributed by atoms with Crippen LogP contribution in [-0.4, -0.2) is 49.7 Å². The van der Waals surface area contributed by atoms with Crippen LogP contribution >= 0.6 is 0 Å². The standard InChI is InChI=1S/C15H22N2O3S/c1-12(2)14-4-6-15(7-5-14)21(19,20)17-10-8-16(9-11-17)13(3)18/h4-7,12H,8-11H2,1-3H3. The minimum atomic E-state index is -3.46. The van der Waals surface area contributed by atoms with Crippen molar-refractivity contribution in [3.05, 3.63) is 29.8 Å². The Morgan fingerprint density at radius 1 is 1.05 bits per heavy atom. The molecule has 1 aromatic rings. The quantitative estimate of drug-likeness (QED) is 0.853. The van der Waals surface area contributed by atoms with Crippen molar-refractivity contribution in [1.82, 2.24) is 9.21 Å². The van der Waals surface area contributed by atoms with E-state index in [4.69, 9.17) is 0 Å². The molecule has 1 aliphatic heterocycles. The first-order valence-electron chi connectivity index (χ1n) is 7.18. The van der Waals surface area contributed by atoms with Crippen LogP contribution in [0.15, 0.2) is 29.2 Å². The largest absolute Gasteiger partial charge is 0.340 e. The molecule has 116 valence electrons.